The molecule has 2 amide bonds. The zero-order valence-electron chi connectivity index (χ0n) is 11.6. The van der Waals surface area contributed by atoms with Gasteiger partial charge in [-0.05, 0) is 30.5 Å². The van der Waals surface area contributed by atoms with Crippen molar-refractivity contribution in [3.63, 3.8) is 0 Å². The van der Waals surface area contributed by atoms with Gasteiger partial charge in [0.05, 0.1) is 17.7 Å². The largest absolute Gasteiger partial charge is 0.465 e. The van der Waals surface area contributed by atoms with E-state index in [1.54, 1.807) is 6.07 Å². The molecule has 0 spiro atoms. The second-order valence-corrected chi connectivity index (χ2v) is 5.42. The van der Waals surface area contributed by atoms with Crippen LogP contribution in [0.2, 0.25) is 5.02 Å². The molecule has 1 aliphatic rings. The minimum Gasteiger partial charge on any atom is -0.465 e. The molecule has 1 fully saturated rings. The molecule has 0 saturated carbocycles. The molecule has 3 N–H and O–H groups in total. The quantitative estimate of drug-likeness (QED) is 0.787. The molecule has 6 nitrogen and oxygen atoms in total. The maximum absolute atomic E-state index is 13.3. The molecule has 1 aromatic carbocycles. The Bertz CT molecular complexity index is 562. The first-order valence-corrected chi connectivity index (χ1v) is 7.16. The fraction of sp³-hybridized carbons (Fsp3) is 0.429. The molecule has 0 radical (unpaired) electrons. The van der Waals surface area contributed by atoms with E-state index in [-0.39, 0.29) is 30.1 Å². The topological polar surface area (TPSA) is 87.7 Å². The van der Waals surface area contributed by atoms with Crippen molar-refractivity contribution in [2.75, 3.05) is 6.61 Å². The molecule has 1 heterocycles. The van der Waals surface area contributed by atoms with Gasteiger partial charge in [0.25, 0.3) is 0 Å². The predicted octanol–water partition coefficient (Wildman–Crippen LogP) is 1.91. The fourth-order valence-electron chi connectivity index (χ4n) is 2.20. The normalized spacial score (nSPS) is 21.2. The summed E-state index contributed by atoms with van der Waals surface area (Å²) in [6.45, 7) is 0.323. The molecule has 0 unspecified atom stereocenters. The Labute approximate surface area is 131 Å². The van der Waals surface area contributed by atoms with Crippen LogP contribution in [0.4, 0.5) is 9.18 Å². The Kier molecular flexibility index (Phi) is 5.57. The zero-order valence-corrected chi connectivity index (χ0v) is 12.4. The summed E-state index contributed by atoms with van der Waals surface area (Å²) in [5.41, 5.74) is 0.594. The molecule has 0 aliphatic carbocycles. The summed E-state index contributed by atoms with van der Waals surface area (Å²) in [7, 11) is 0. The number of carbonyl (C=O) groups excluding carboxylic acids is 1. The van der Waals surface area contributed by atoms with Crippen LogP contribution < -0.4 is 10.6 Å². The summed E-state index contributed by atoms with van der Waals surface area (Å²) in [6.07, 6.45) is -0.781. The van der Waals surface area contributed by atoms with Crippen molar-refractivity contribution < 1.29 is 23.8 Å². The standard InChI is InChI=1S/C14H16ClFN2O4/c15-10-3-1-8(5-11(10)16)6-17-13(19)12-4-2-9(7-22-12)18-14(20)21/h1,3,5,9,12,18H,2,4,6-7H2,(H,17,19)(H,20,21)/t9-,12-/m1/s1. The number of carbonyl (C=O) groups is 2. The van der Waals surface area contributed by atoms with Crippen LogP contribution in [0.3, 0.4) is 0 Å². The maximum atomic E-state index is 13.3. The van der Waals surface area contributed by atoms with Crippen LogP contribution in [0.25, 0.3) is 0 Å². The lowest BCUT2D eigenvalue weighted by molar-refractivity contribution is -0.136. The number of halogens is 2. The third kappa shape index (κ3) is 4.57. The first-order chi connectivity index (χ1) is 10.5. The predicted molar refractivity (Wildman–Crippen MR) is 77.2 cm³/mol. The first-order valence-electron chi connectivity index (χ1n) is 6.78. The van der Waals surface area contributed by atoms with Crippen LogP contribution in [-0.2, 0) is 16.1 Å². The molecule has 2 rings (SSSR count). The third-order valence-corrected chi connectivity index (χ3v) is 3.65. The number of benzene rings is 1. The van der Waals surface area contributed by atoms with Gasteiger partial charge in [0.15, 0.2) is 0 Å². The van der Waals surface area contributed by atoms with Crippen LogP contribution in [0.15, 0.2) is 18.2 Å². The van der Waals surface area contributed by atoms with Gasteiger partial charge in [0, 0.05) is 6.54 Å². The van der Waals surface area contributed by atoms with Crippen molar-refractivity contribution in [1.82, 2.24) is 10.6 Å². The highest BCUT2D eigenvalue weighted by atomic mass is 35.5. The monoisotopic (exact) mass is 330 g/mol. The fourth-order valence-corrected chi connectivity index (χ4v) is 2.32. The molecule has 22 heavy (non-hydrogen) atoms. The van der Waals surface area contributed by atoms with Crippen molar-refractivity contribution in [2.45, 2.75) is 31.5 Å². The third-order valence-electron chi connectivity index (χ3n) is 3.35. The van der Waals surface area contributed by atoms with Gasteiger partial charge < -0.3 is 20.5 Å². The molecule has 1 aliphatic heterocycles. The SMILES string of the molecule is O=C(O)N[C@@H]1CC[C@H](C(=O)NCc2ccc(Cl)c(F)c2)OC1. The van der Waals surface area contributed by atoms with Gasteiger partial charge >= 0.3 is 6.09 Å². The lowest BCUT2D eigenvalue weighted by atomic mass is 10.0. The number of hydrogen-bond donors (Lipinski definition) is 3. The van der Waals surface area contributed by atoms with Crippen LogP contribution in [0.5, 0.6) is 0 Å². The van der Waals surface area contributed by atoms with Crippen molar-refractivity contribution >= 4 is 23.6 Å². The van der Waals surface area contributed by atoms with Gasteiger partial charge in [-0.2, -0.15) is 0 Å². The number of amides is 2. The number of ether oxygens (including phenoxy) is 1. The van der Waals surface area contributed by atoms with E-state index in [1.807, 2.05) is 0 Å². The highest BCUT2D eigenvalue weighted by Crippen LogP contribution is 2.16. The smallest absolute Gasteiger partial charge is 0.404 e. The molecule has 0 aromatic heterocycles. The summed E-state index contributed by atoms with van der Waals surface area (Å²) in [6, 6.07) is 4.02. The zero-order chi connectivity index (χ0) is 16.1. The van der Waals surface area contributed by atoms with Crippen LogP contribution >= 0.6 is 11.6 Å². The number of rotatable bonds is 4. The van der Waals surface area contributed by atoms with Gasteiger partial charge in [-0.1, -0.05) is 17.7 Å². The molecular weight excluding hydrogens is 315 g/mol. The lowest BCUT2D eigenvalue weighted by Crippen LogP contribution is -2.46. The Morgan fingerprint density at radius 3 is 2.77 bits per heavy atom. The summed E-state index contributed by atoms with van der Waals surface area (Å²) in [5.74, 6) is -0.839. The van der Waals surface area contributed by atoms with E-state index in [9.17, 15) is 14.0 Å². The van der Waals surface area contributed by atoms with Crippen molar-refractivity contribution in [1.29, 1.82) is 0 Å². The summed E-state index contributed by atoms with van der Waals surface area (Å²) in [5, 5.41) is 13.6. The molecule has 1 aromatic rings. The maximum Gasteiger partial charge on any atom is 0.404 e. The second-order valence-electron chi connectivity index (χ2n) is 5.01. The number of carboxylic acid groups (broad SMARTS) is 1. The molecule has 2 atom stereocenters. The lowest BCUT2D eigenvalue weighted by Gasteiger charge is -2.28. The van der Waals surface area contributed by atoms with E-state index in [1.165, 1.54) is 12.1 Å². The van der Waals surface area contributed by atoms with Gasteiger partial charge in [0.1, 0.15) is 11.9 Å². The van der Waals surface area contributed by atoms with E-state index < -0.39 is 18.0 Å². The minimum atomic E-state index is -1.11. The van der Waals surface area contributed by atoms with E-state index in [2.05, 4.69) is 10.6 Å². The molecule has 8 heteroatoms. The molecule has 120 valence electrons. The van der Waals surface area contributed by atoms with Gasteiger partial charge in [-0.3, -0.25) is 4.79 Å². The Morgan fingerprint density at radius 2 is 2.18 bits per heavy atom. The summed E-state index contributed by atoms with van der Waals surface area (Å²) in [4.78, 5) is 22.5. The van der Waals surface area contributed by atoms with Crippen LogP contribution in [-0.4, -0.2) is 35.9 Å². The highest BCUT2D eigenvalue weighted by Gasteiger charge is 2.27. The highest BCUT2D eigenvalue weighted by molar-refractivity contribution is 6.30. The molecule has 1 saturated heterocycles. The average molecular weight is 331 g/mol. The minimum absolute atomic E-state index is 0.0302. The van der Waals surface area contributed by atoms with Crippen molar-refractivity contribution in [3.8, 4) is 0 Å². The van der Waals surface area contributed by atoms with Crippen LogP contribution in [0, 0.1) is 5.82 Å². The van der Waals surface area contributed by atoms with E-state index in [0.717, 1.165) is 0 Å². The number of nitrogens with one attached hydrogen (secondary N) is 2. The van der Waals surface area contributed by atoms with Crippen molar-refractivity contribution in [2.24, 2.45) is 0 Å². The Balaban J connectivity index is 1.78. The first kappa shape index (κ1) is 16.5. The number of hydrogen-bond acceptors (Lipinski definition) is 3. The van der Waals surface area contributed by atoms with Gasteiger partial charge in [-0.15, -0.1) is 0 Å². The summed E-state index contributed by atoms with van der Waals surface area (Å²) < 4.78 is 18.6. The Morgan fingerprint density at radius 1 is 1.41 bits per heavy atom. The molecule has 0 bridgehead atoms. The van der Waals surface area contributed by atoms with E-state index in [0.29, 0.717) is 18.4 Å². The Hall–Kier alpha value is -1.86. The van der Waals surface area contributed by atoms with Gasteiger partial charge in [-0.25, -0.2) is 9.18 Å². The van der Waals surface area contributed by atoms with Crippen molar-refractivity contribution in [3.05, 3.63) is 34.6 Å². The average Bonchev–Trinajstić information content (AvgIpc) is 2.48. The van der Waals surface area contributed by atoms with Gasteiger partial charge in [0.2, 0.25) is 5.91 Å². The van der Waals surface area contributed by atoms with E-state index >= 15 is 0 Å². The molecular formula is C14H16ClFN2O4. The second kappa shape index (κ2) is 7.42. The van der Waals surface area contributed by atoms with Crippen LogP contribution in [0.1, 0.15) is 18.4 Å². The van der Waals surface area contributed by atoms with E-state index in [4.69, 9.17) is 21.4 Å². The summed E-state index contributed by atoms with van der Waals surface area (Å²) >= 11 is 5.58.